The van der Waals surface area contributed by atoms with Crippen LogP contribution in [0, 0.1) is 0 Å². The molecule has 0 spiro atoms. The number of nitrogens with zero attached hydrogens (tertiary/aromatic N) is 3. The third kappa shape index (κ3) is 2.35. The number of nitrogen functional groups attached to an aromatic ring is 1. The van der Waals surface area contributed by atoms with E-state index in [0.29, 0.717) is 16.6 Å². The summed E-state index contributed by atoms with van der Waals surface area (Å²) in [7, 11) is 0. The number of hydrogen-bond donors (Lipinski definition) is 3. The van der Waals surface area contributed by atoms with Crippen molar-refractivity contribution in [1.82, 2.24) is 20.2 Å². The highest BCUT2D eigenvalue weighted by Gasteiger charge is 2.11. The lowest BCUT2D eigenvalue weighted by Crippen LogP contribution is -2.10. The molecule has 1 aromatic carbocycles. The number of hydrazine groups is 1. The van der Waals surface area contributed by atoms with Crippen LogP contribution in [-0.4, -0.2) is 20.2 Å². The van der Waals surface area contributed by atoms with Gasteiger partial charge in [0.05, 0.1) is 16.6 Å². The molecule has 96 valence electrons. The first kappa shape index (κ1) is 12.2. The van der Waals surface area contributed by atoms with E-state index in [2.05, 4.69) is 25.6 Å². The summed E-state index contributed by atoms with van der Waals surface area (Å²) in [4.78, 5) is 9.40. The summed E-state index contributed by atoms with van der Waals surface area (Å²) in [6.45, 7) is 0. The number of rotatable bonds is 3. The van der Waals surface area contributed by atoms with Crippen LogP contribution in [0.25, 0.3) is 11.0 Å². The zero-order valence-electron chi connectivity index (χ0n) is 9.59. The van der Waals surface area contributed by atoms with Crippen molar-refractivity contribution >= 4 is 40.3 Å². The summed E-state index contributed by atoms with van der Waals surface area (Å²) in [6, 6.07) is 7.56. The molecule has 0 saturated carbocycles. The zero-order valence-corrected chi connectivity index (χ0v) is 11.2. The molecule has 8 heteroatoms. The van der Waals surface area contributed by atoms with Gasteiger partial charge < -0.3 is 0 Å². The van der Waals surface area contributed by atoms with Crippen LogP contribution in [0.3, 0.4) is 0 Å². The van der Waals surface area contributed by atoms with Crippen LogP contribution >= 0.6 is 23.4 Å². The van der Waals surface area contributed by atoms with E-state index in [-0.39, 0.29) is 0 Å². The van der Waals surface area contributed by atoms with Gasteiger partial charge in [-0.05, 0) is 12.1 Å². The predicted octanol–water partition coefficient (Wildman–Crippen LogP) is 2.44. The van der Waals surface area contributed by atoms with Crippen molar-refractivity contribution in [3.05, 3.63) is 35.5 Å². The zero-order chi connectivity index (χ0) is 13.2. The maximum atomic E-state index is 6.14. The minimum atomic E-state index is 0.325. The van der Waals surface area contributed by atoms with Gasteiger partial charge in [-0.2, -0.15) is 10.1 Å². The highest BCUT2D eigenvalue weighted by atomic mass is 35.5. The molecular weight excluding hydrogens is 284 g/mol. The highest BCUT2D eigenvalue weighted by molar-refractivity contribution is 7.99. The van der Waals surface area contributed by atoms with Crippen molar-refractivity contribution in [2.75, 3.05) is 5.43 Å². The molecule has 0 fully saturated rings. The molecule has 0 bridgehead atoms. The molecule has 3 rings (SSSR count). The van der Waals surface area contributed by atoms with E-state index in [1.807, 2.05) is 24.3 Å². The van der Waals surface area contributed by atoms with Crippen LogP contribution in [0.5, 0.6) is 0 Å². The standard InChI is InChI=1S/C11H9ClN6S/c12-7-3-1-2-4-8(7)19-10-6-5-14-18-9(6)15-11(16-10)17-13/h1-5H,13H2,(H2,14,15,16,17,18). The van der Waals surface area contributed by atoms with Crippen LogP contribution in [0.2, 0.25) is 5.02 Å². The van der Waals surface area contributed by atoms with Gasteiger partial charge in [0.15, 0.2) is 5.65 Å². The number of halogens is 1. The van der Waals surface area contributed by atoms with Crippen molar-refractivity contribution in [3.63, 3.8) is 0 Å². The normalized spacial score (nSPS) is 10.8. The van der Waals surface area contributed by atoms with Gasteiger partial charge in [-0.1, -0.05) is 35.5 Å². The summed E-state index contributed by atoms with van der Waals surface area (Å²) < 4.78 is 0. The summed E-state index contributed by atoms with van der Waals surface area (Å²) in [5.74, 6) is 5.68. The lowest BCUT2D eigenvalue weighted by Gasteiger charge is -2.05. The average Bonchev–Trinajstić information content (AvgIpc) is 2.89. The second kappa shape index (κ2) is 5.04. The maximum absolute atomic E-state index is 6.14. The second-order valence-corrected chi connectivity index (χ2v) is 5.10. The Balaban J connectivity index is 2.09. The van der Waals surface area contributed by atoms with E-state index in [9.17, 15) is 0 Å². The van der Waals surface area contributed by atoms with Crippen LogP contribution < -0.4 is 11.3 Å². The molecule has 0 aliphatic rings. The van der Waals surface area contributed by atoms with Gasteiger partial charge in [0.1, 0.15) is 5.03 Å². The Hall–Kier alpha value is -1.83. The number of H-pyrrole nitrogens is 1. The Labute approximate surface area is 117 Å². The van der Waals surface area contributed by atoms with Crippen molar-refractivity contribution in [2.24, 2.45) is 5.84 Å². The topological polar surface area (TPSA) is 92.5 Å². The minimum absolute atomic E-state index is 0.325. The molecule has 6 nitrogen and oxygen atoms in total. The second-order valence-electron chi connectivity index (χ2n) is 3.66. The van der Waals surface area contributed by atoms with E-state index >= 15 is 0 Å². The number of aromatic amines is 1. The number of benzene rings is 1. The van der Waals surface area contributed by atoms with Gasteiger partial charge in [0, 0.05) is 4.90 Å². The fraction of sp³-hybridized carbons (Fsp3) is 0. The van der Waals surface area contributed by atoms with Gasteiger partial charge in [0.25, 0.3) is 0 Å². The molecule has 0 saturated heterocycles. The molecule has 0 aliphatic heterocycles. The third-order valence-electron chi connectivity index (χ3n) is 2.45. The third-order valence-corrected chi connectivity index (χ3v) is 3.97. The first-order valence-electron chi connectivity index (χ1n) is 5.38. The van der Waals surface area contributed by atoms with E-state index in [4.69, 9.17) is 17.4 Å². The molecule has 2 heterocycles. The lowest BCUT2D eigenvalue weighted by atomic mass is 10.4. The molecule has 0 radical (unpaired) electrons. The summed E-state index contributed by atoms with van der Waals surface area (Å²) in [6.07, 6.45) is 1.68. The summed E-state index contributed by atoms with van der Waals surface area (Å²) in [5, 5.41) is 8.98. The first-order valence-corrected chi connectivity index (χ1v) is 6.57. The van der Waals surface area contributed by atoms with Gasteiger partial charge in [-0.3, -0.25) is 10.5 Å². The SMILES string of the molecule is NNc1nc(Sc2ccccc2Cl)c2cn[nH]c2n1. The molecule has 19 heavy (non-hydrogen) atoms. The maximum Gasteiger partial charge on any atom is 0.240 e. The first-order chi connectivity index (χ1) is 9.28. The summed E-state index contributed by atoms with van der Waals surface area (Å²) in [5.41, 5.74) is 3.06. The van der Waals surface area contributed by atoms with E-state index in [0.717, 1.165) is 15.3 Å². The van der Waals surface area contributed by atoms with E-state index in [1.54, 1.807) is 6.20 Å². The quantitative estimate of drug-likeness (QED) is 0.390. The van der Waals surface area contributed by atoms with Crippen LogP contribution in [0.15, 0.2) is 40.4 Å². The van der Waals surface area contributed by atoms with E-state index < -0.39 is 0 Å². The van der Waals surface area contributed by atoms with Gasteiger partial charge in [0.2, 0.25) is 5.95 Å². The number of nitrogens with one attached hydrogen (secondary N) is 2. The largest absolute Gasteiger partial charge is 0.292 e. The Morgan fingerprint density at radius 2 is 2.11 bits per heavy atom. The Morgan fingerprint density at radius 3 is 2.89 bits per heavy atom. The molecule has 0 amide bonds. The molecule has 4 N–H and O–H groups in total. The number of aromatic nitrogens is 4. The monoisotopic (exact) mass is 292 g/mol. The van der Waals surface area contributed by atoms with Crippen molar-refractivity contribution in [1.29, 1.82) is 0 Å². The summed E-state index contributed by atoms with van der Waals surface area (Å²) >= 11 is 7.58. The number of nitrogens with two attached hydrogens (primary N) is 1. The minimum Gasteiger partial charge on any atom is -0.292 e. The molecule has 0 unspecified atom stereocenters. The van der Waals surface area contributed by atoms with Crippen molar-refractivity contribution < 1.29 is 0 Å². The Bertz CT molecular complexity index is 728. The van der Waals surface area contributed by atoms with E-state index in [1.165, 1.54) is 11.8 Å². The average molecular weight is 293 g/mol. The highest BCUT2D eigenvalue weighted by Crippen LogP contribution is 2.35. The van der Waals surface area contributed by atoms with Gasteiger partial charge in [-0.15, -0.1) is 0 Å². The Morgan fingerprint density at radius 1 is 1.26 bits per heavy atom. The molecule has 0 atom stereocenters. The van der Waals surface area contributed by atoms with Crippen LogP contribution in [-0.2, 0) is 0 Å². The van der Waals surface area contributed by atoms with Crippen LogP contribution in [0.4, 0.5) is 5.95 Å². The lowest BCUT2D eigenvalue weighted by molar-refractivity contribution is 1.05. The number of hydrogen-bond acceptors (Lipinski definition) is 6. The molecule has 0 aliphatic carbocycles. The van der Waals surface area contributed by atoms with Gasteiger partial charge >= 0.3 is 0 Å². The Kier molecular flexibility index (Phi) is 3.24. The fourth-order valence-electron chi connectivity index (χ4n) is 1.58. The van der Waals surface area contributed by atoms with Crippen molar-refractivity contribution in [3.8, 4) is 0 Å². The molecule has 2 aromatic heterocycles. The smallest absolute Gasteiger partial charge is 0.240 e. The number of fused-ring (bicyclic) bond motifs is 1. The fourth-order valence-corrected chi connectivity index (χ4v) is 2.75. The number of anilines is 1. The van der Waals surface area contributed by atoms with Crippen molar-refractivity contribution in [2.45, 2.75) is 9.92 Å². The predicted molar refractivity (Wildman–Crippen MR) is 75.1 cm³/mol. The molecule has 3 aromatic rings. The van der Waals surface area contributed by atoms with Crippen LogP contribution in [0.1, 0.15) is 0 Å². The van der Waals surface area contributed by atoms with Gasteiger partial charge in [-0.25, -0.2) is 10.8 Å². The molecular formula is C11H9ClN6S.